The number of ketones is 1. The van der Waals surface area contributed by atoms with E-state index in [0.717, 1.165) is 11.6 Å². The zero-order valence-electron chi connectivity index (χ0n) is 7.68. The van der Waals surface area contributed by atoms with E-state index >= 15 is 0 Å². The Morgan fingerprint density at radius 1 is 1.43 bits per heavy atom. The number of rotatable bonds is 4. The minimum absolute atomic E-state index is 0.165. The van der Waals surface area contributed by atoms with Crippen molar-refractivity contribution in [3.63, 3.8) is 0 Å². The maximum Gasteiger partial charge on any atom is 0.183 e. The summed E-state index contributed by atoms with van der Waals surface area (Å²) in [5.74, 6) is -0.226. The second kappa shape index (κ2) is 4.58. The number of phenols is 1. The molecule has 74 valence electrons. The lowest BCUT2D eigenvalue weighted by Gasteiger charge is -2.06. The molecule has 0 aliphatic heterocycles. The summed E-state index contributed by atoms with van der Waals surface area (Å²) in [5, 5.41) is 18.4. The lowest BCUT2D eigenvalue weighted by atomic mass is 10.1. The fourth-order valence-electron chi connectivity index (χ4n) is 1.09. The standard InChI is InChI=1S/C11H12O3/c1-2-10(13)11(14)7-8-3-5-9(12)6-4-8/h2-6,11-12,14H,1,7H2. The molecule has 0 aliphatic rings. The molecular formula is C11H12O3. The Morgan fingerprint density at radius 2 is 2.00 bits per heavy atom. The van der Waals surface area contributed by atoms with Gasteiger partial charge in [-0.2, -0.15) is 0 Å². The maximum absolute atomic E-state index is 11.0. The molecule has 3 heteroatoms. The van der Waals surface area contributed by atoms with Gasteiger partial charge in [0.15, 0.2) is 5.78 Å². The van der Waals surface area contributed by atoms with Crippen LogP contribution in [0.3, 0.4) is 0 Å². The van der Waals surface area contributed by atoms with Crippen molar-refractivity contribution in [2.75, 3.05) is 0 Å². The number of aliphatic hydroxyl groups is 1. The largest absolute Gasteiger partial charge is 0.508 e. The van der Waals surface area contributed by atoms with Crippen molar-refractivity contribution in [3.05, 3.63) is 42.5 Å². The summed E-state index contributed by atoms with van der Waals surface area (Å²) >= 11 is 0. The number of hydrogen-bond acceptors (Lipinski definition) is 3. The predicted octanol–water partition coefficient (Wildman–Crippen LogP) is 1.05. The monoisotopic (exact) mass is 192 g/mol. The summed E-state index contributed by atoms with van der Waals surface area (Å²) in [6, 6.07) is 6.35. The molecule has 0 amide bonds. The zero-order chi connectivity index (χ0) is 10.6. The number of carbonyl (C=O) groups is 1. The Bertz CT molecular complexity index is 327. The minimum Gasteiger partial charge on any atom is -0.508 e. The summed E-state index contributed by atoms with van der Waals surface area (Å²) < 4.78 is 0. The third-order valence-electron chi connectivity index (χ3n) is 1.90. The first-order chi connectivity index (χ1) is 6.63. The van der Waals surface area contributed by atoms with Crippen LogP contribution in [0, 0.1) is 0 Å². The number of carbonyl (C=O) groups excluding carboxylic acids is 1. The molecule has 0 saturated carbocycles. The first kappa shape index (κ1) is 10.5. The van der Waals surface area contributed by atoms with Crippen molar-refractivity contribution in [3.8, 4) is 5.75 Å². The topological polar surface area (TPSA) is 57.5 Å². The normalized spacial score (nSPS) is 12.1. The Kier molecular flexibility index (Phi) is 3.42. The van der Waals surface area contributed by atoms with Crippen molar-refractivity contribution in [2.24, 2.45) is 0 Å². The number of hydrogen-bond donors (Lipinski definition) is 2. The molecular weight excluding hydrogens is 180 g/mol. The quantitative estimate of drug-likeness (QED) is 0.701. The highest BCUT2D eigenvalue weighted by molar-refractivity contribution is 5.92. The Labute approximate surface area is 82.3 Å². The van der Waals surface area contributed by atoms with Gasteiger partial charge in [-0.15, -0.1) is 0 Å². The van der Waals surface area contributed by atoms with Crippen LogP contribution in [0.25, 0.3) is 0 Å². The van der Waals surface area contributed by atoms with Gasteiger partial charge in [0.2, 0.25) is 0 Å². The molecule has 2 N–H and O–H groups in total. The van der Waals surface area contributed by atoms with Gasteiger partial charge in [0.05, 0.1) is 0 Å². The van der Waals surface area contributed by atoms with Crippen LogP contribution in [0.15, 0.2) is 36.9 Å². The number of aromatic hydroxyl groups is 1. The van der Waals surface area contributed by atoms with E-state index in [1.165, 1.54) is 12.1 Å². The summed E-state index contributed by atoms with van der Waals surface area (Å²) in [7, 11) is 0. The summed E-state index contributed by atoms with van der Waals surface area (Å²) in [6.07, 6.45) is 0.299. The molecule has 1 atom stereocenters. The number of aliphatic hydroxyl groups excluding tert-OH is 1. The molecule has 0 fully saturated rings. The Hall–Kier alpha value is -1.61. The van der Waals surface area contributed by atoms with Crippen LogP contribution in [0.1, 0.15) is 5.56 Å². The minimum atomic E-state index is -1.04. The lowest BCUT2D eigenvalue weighted by molar-refractivity contribution is -0.122. The third kappa shape index (κ3) is 2.71. The number of phenolic OH excluding ortho intramolecular Hbond substituents is 1. The fraction of sp³-hybridized carbons (Fsp3) is 0.182. The van der Waals surface area contributed by atoms with Crippen molar-refractivity contribution in [2.45, 2.75) is 12.5 Å². The molecule has 1 rings (SSSR count). The van der Waals surface area contributed by atoms with E-state index in [4.69, 9.17) is 5.11 Å². The van der Waals surface area contributed by atoms with Crippen molar-refractivity contribution >= 4 is 5.78 Å². The van der Waals surface area contributed by atoms with E-state index in [1.807, 2.05) is 0 Å². The van der Waals surface area contributed by atoms with Crippen molar-refractivity contribution < 1.29 is 15.0 Å². The molecule has 0 aliphatic carbocycles. The number of benzene rings is 1. The smallest absolute Gasteiger partial charge is 0.183 e. The van der Waals surface area contributed by atoms with Crippen LogP contribution in [-0.4, -0.2) is 22.1 Å². The van der Waals surface area contributed by atoms with Crippen LogP contribution in [-0.2, 0) is 11.2 Å². The van der Waals surface area contributed by atoms with E-state index in [0.29, 0.717) is 0 Å². The molecule has 0 saturated heterocycles. The van der Waals surface area contributed by atoms with E-state index in [1.54, 1.807) is 12.1 Å². The maximum atomic E-state index is 11.0. The van der Waals surface area contributed by atoms with Crippen molar-refractivity contribution in [1.29, 1.82) is 0 Å². The van der Waals surface area contributed by atoms with Crippen LogP contribution in [0.4, 0.5) is 0 Å². The second-order valence-corrected chi connectivity index (χ2v) is 2.99. The van der Waals surface area contributed by atoms with Gasteiger partial charge in [-0.25, -0.2) is 0 Å². The molecule has 0 heterocycles. The average Bonchev–Trinajstić information content (AvgIpc) is 2.20. The first-order valence-electron chi connectivity index (χ1n) is 4.25. The lowest BCUT2D eigenvalue weighted by Crippen LogP contribution is -2.20. The first-order valence-corrected chi connectivity index (χ1v) is 4.25. The molecule has 0 bridgehead atoms. The molecule has 1 unspecified atom stereocenters. The molecule has 0 radical (unpaired) electrons. The molecule has 0 aromatic heterocycles. The highest BCUT2D eigenvalue weighted by atomic mass is 16.3. The molecule has 0 spiro atoms. The van der Waals surface area contributed by atoms with Crippen LogP contribution in [0.5, 0.6) is 5.75 Å². The highest BCUT2D eigenvalue weighted by Gasteiger charge is 2.11. The summed E-state index contributed by atoms with van der Waals surface area (Å²) in [6.45, 7) is 3.29. The van der Waals surface area contributed by atoms with Crippen LogP contribution in [0.2, 0.25) is 0 Å². The highest BCUT2D eigenvalue weighted by Crippen LogP contribution is 2.11. The Morgan fingerprint density at radius 3 is 2.50 bits per heavy atom. The van der Waals surface area contributed by atoms with Gasteiger partial charge in [0.25, 0.3) is 0 Å². The van der Waals surface area contributed by atoms with Gasteiger partial charge in [-0.1, -0.05) is 18.7 Å². The van der Waals surface area contributed by atoms with Gasteiger partial charge in [-0.3, -0.25) is 4.79 Å². The molecule has 1 aromatic carbocycles. The average molecular weight is 192 g/mol. The fourth-order valence-corrected chi connectivity index (χ4v) is 1.09. The molecule has 1 aromatic rings. The van der Waals surface area contributed by atoms with Gasteiger partial charge < -0.3 is 10.2 Å². The molecule has 14 heavy (non-hydrogen) atoms. The van der Waals surface area contributed by atoms with E-state index in [2.05, 4.69) is 6.58 Å². The van der Waals surface area contributed by atoms with E-state index in [-0.39, 0.29) is 12.2 Å². The van der Waals surface area contributed by atoms with Gasteiger partial charge in [-0.05, 0) is 23.8 Å². The summed E-state index contributed by atoms with van der Waals surface area (Å²) in [5.41, 5.74) is 0.797. The third-order valence-corrected chi connectivity index (χ3v) is 1.90. The van der Waals surface area contributed by atoms with Crippen LogP contribution < -0.4 is 0 Å². The van der Waals surface area contributed by atoms with E-state index in [9.17, 15) is 9.90 Å². The Balaban J connectivity index is 2.64. The molecule has 3 nitrogen and oxygen atoms in total. The predicted molar refractivity (Wildman–Crippen MR) is 53.0 cm³/mol. The van der Waals surface area contributed by atoms with Gasteiger partial charge in [0, 0.05) is 6.42 Å². The van der Waals surface area contributed by atoms with Gasteiger partial charge in [0.1, 0.15) is 11.9 Å². The SMILES string of the molecule is C=CC(=O)C(O)Cc1ccc(O)cc1. The summed E-state index contributed by atoms with van der Waals surface area (Å²) in [4.78, 5) is 11.0. The second-order valence-electron chi connectivity index (χ2n) is 2.99. The van der Waals surface area contributed by atoms with Gasteiger partial charge >= 0.3 is 0 Å². The van der Waals surface area contributed by atoms with Crippen LogP contribution >= 0.6 is 0 Å². The van der Waals surface area contributed by atoms with Crippen molar-refractivity contribution in [1.82, 2.24) is 0 Å². The van der Waals surface area contributed by atoms with E-state index < -0.39 is 11.9 Å². The zero-order valence-corrected chi connectivity index (χ0v) is 7.68.